The highest BCUT2D eigenvalue weighted by atomic mass is 31.2. The molecule has 3 unspecified atom stereocenters. The number of rotatable bonds is 74. The van der Waals surface area contributed by atoms with E-state index in [1.54, 1.807) is 0 Å². The second-order valence-corrected chi connectivity index (χ2v) is 29.9. The maximum atomic E-state index is 13.1. The molecule has 0 rings (SSSR count). The lowest BCUT2D eigenvalue weighted by Crippen LogP contribution is -2.30. The van der Waals surface area contributed by atoms with Gasteiger partial charge in [-0.1, -0.05) is 322 Å². The van der Waals surface area contributed by atoms with Crippen LogP contribution in [0.15, 0.2) is 24.3 Å². The van der Waals surface area contributed by atoms with Crippen molar-refractivity contribution in [3.8, 4) is 0 Å². The third-order valence-corrected chi connectivity index (χ3v) is 19.4. The number of unbranched alkanes of at least 4 members (excludes halogenated alkanes) is 42. The normalized spacial score (nSPS) is 14.4. The van der Waals surface area contributed by atoms with E-state index in [0.717, 1.165) is 121 Å². The van der Waals surface area contributed by atoms with Crippen LogP contribution in [0.5, 0.6) is 0 Å². The molecule has 0 heterocycles. The second-order valence-electron chi connectivity index (χ2n) is 26.9. The van der Waals surface area contributed by atoms with Crippen molar-refractivity contribution in [3.63, 3.8) is 0 Å². The van der Waals surface area contributed by atoms with Crippen molar-refractivity contribution in [1.82, 2.24) is 0 Å². The summed E-state index contributed by atoms with van der Waals surface area (Å²) in [6, 6.07) is 0. The van der Waals surface area contributed by atoms with Gasteiger partial charge in [-0.25, -0.2) is 9.13 Å². The van der Waals surface area contributed by atoms with Crippen LogP contribution in [-0.2, 0) is 65.4 Å². The summed E-state index contributed by atoms with van der Waals surface area (Å²) in [7, 11) is -9.92. The summed E-state index contributed by atoms with van der Waals surface area (Å²) in [5, 5.41) is 10.6. The molecule has 0 spiro atoms. The Labute approximate surface area is 580 Å². The molecule has 560 valence electrons. The zero-order chi connectivity index (χ0) is 69.8. The summed E-state index contributed by atoms with van der Waals surface area (Å²) < 4.78 is 68.4. The summed E-state index contributed by atoms with van der Waals surface area (Å²) in [5.41, 5.74) is 0. The van der Waals surface area contributed by atoms with Crippen molar-refractivity contribution in [3.05, 3.63) is 24.3 Å². The van der Waals surface area contributed by atoms with Crippen molar-refractivity contribution in [2.45, 2.75) is 393 Å². The molecule has 0 saturated carbocycles. The van der Waals surface area contributed by atoms with Crippen LogP contribution in [0, 0.1) is 5.92 Å². The maximum absolute atomic E-state index is 13.1. The molecule has 3 N–H and O–H groups in total. The van der Waals surface area contributed by atoms with Gasteiger partial charge in [0.25, 0.3) is 0 Å². The topological polar surface area (TPSA) is 237 Å². The van der Waals surface area contributed by atoms with Crippen LogP contribution >= 0.6 is 15.6 Å². The summed E-state index contributed by atoms with van der Waals surface area (Å²) in [4.78, 5) is 72.7. The van der Waals surface area contributed by atoms with Crippen LogP contribution < -0.4 is 0 Å². The van der Waals surface area contributed by atoms with Crippen LogP contribution in [0.4, 0.5) is 0 Å². The highest BCUT2D eigenvalue weighted by Gasteiger charge is 2.30. The quantitative estimate of drug-likeness (QED) is 0.0169. The van der Waals surface area contributed by atoms with Crippen molar-refractivity contribution in [2.24, 2.45) is 5.92 Å². The van der Waals surface area contributed by atoms with Crippen molar-refractivity contribution in [1.29, 1.82) is 0 Å². The van der Waals surface area contributed by atoms with E-state index in [1.807, 2.05) is 0 Å². The first-order valence-electron chi connectivity index (χ1n) is 39.0. The number of phosphoric ester groups is 2. The lowest BCUT2D eigenvalue weighted by atomic mass is 9.99. The Bertz CT molecular complexity index is 1920. The van der Waals surface area contributed by atoms with Gasteiger partial charge in [0.2, 0.25) is 0 Å². The highest BCUT2D eigenvalue weighted by molar-refractivity contribution is 7.47. The van der Waals surface area contributed by atoms with E-state index in [2.05, 4.69) is 58.9 Å². The average molecular weight is 1390 g/mol. The summed E-state index contributed by atoms with van der Waals surface area (Å²) in [6.45, 7) is 7.26. The lowest BCUT2D eigenvalue weighted by molar-refractivity contribution is -0.161. The Morgan fingerprint density at radius 1 is 0.337 bits per heavy atom. The zero-order valence-electron chi connectivity index (χ0n) is 61.3. The fourth-order valence-electron chi connectivity index (χ4n) is 11.1. The van der Waals surface area contributed by atoms with Crippen LogP contribution in [-0.4, -0.2) is 96.7 Å². The molecule has 0 fully saturated rings. The lowest BCUT2D eigenvalue weighted by Gasteiger charge is -2.21. The third-order valence-electron chi connectivity index (χ3n) is 17.5. The summed E-state index contributed by atoms with van der Waals surface area (Å²) in [6.07, 6.45) is 60.3. The van der Waals surface area contributed by atoms with Crippen LogP contribution in [0.3, 0.4) is 0 Å². The monoisotopic (exact) mass is 1390 g/mol. The van der Waals surface area contributed by atoms with Gasteiger partial charge < -0.3 is 33.8 Å². The number of aliphatic hydroxyl groups excluding tert-OH is 1. The Morgan fingerprint density at radius 3 is 0.895 bits per heavy atom. The van der Waals surface area contributed by atoms with E-state index in [0.29, 0.717) is 25.7 Å². The molecule has 19 heteroatoms. The van der Waals surface area contributed by atoms with Crippen molar-refractivity contribution >= 4 is 39.5 Å². The molecule has 0 aliphatic carbocycles. The van der Waals surface area contributed by atoms with E-state index >= 15 is 0 Å². The average Bonchev–Trinajstić information content (AvgIpc) is 1.73. The number of phosphoric acid groups is 2. The molecule has 0 saturated heterocycles. The van der Waals surface area contributed by atoms with E-state index in [-0.39, 0.29) is 25.7 Å². The fraction of sp³-hybridized carbons (Fsp3) is 0.895. The largest absolute Gasteiger partial charge is 0.472 e. The first-order chi connectivity index (χ1) is 46.1. The number of ether oxygens (including phenoxy) is 4. The Morgan fingerprint density at radius 2 is 0.589 bits per heavy atom. The third kappa shape index (κ3) is 68.5. The second kappa shape index (κ2) is 68.7. The predicted molar refractivity (Wildman–Crippen MR) is 386 cm³/mol. The van der Waals surface area contributed by atoms with E-state index < -0.39 is 97.5 Å². The number of esters is 4. The Hall–Kier alpha value is -2.46. The smallest absolute Gasteiger partial charge is 0.462 e. The molecule has 95 heavy (non-hydrogen) atoms. The number of carbonyl (C=O) groups is 4. The van der Waals surface area contributed by atoms with E-state index in [9.17, 15) is 43.2 Å². The van der Waals surface area contributed by atoms with Crippen LogP contribution in [0.2, 0.25) is 0 Å². The SMILES string of the molecule is CCCCCC/C=C\C=C/CCCCCCCC(=O)OC[C@H](COP(=O)(O)OC[C@@H](O)COP(=O)(O)OC[C@@H](COC(=O)CCCCCCCCCC)OC(=O)CCCCCCCCCCCCCCCC)OC(=O)CCCCCCCCCCCCCCCCC(C)CC. The van der Waals surface area contributed by atoms with Gasteiger partial charge in [-0.15, -0.1) is 0 Å². The van der Waals surface area contributed by atoms with Gasteiger partial charge in [-0.05, 0) is 57.3 Å². The fourth-order valence-corrected chi connectivity index (χ4v) is 12.7. The number of aliphatic hydroxyl groups is 1. The minimum atomic E-state index is -4.96. The summed E-state index contributed by atoms with van der Waals surface area (Å²) in [5.74, 6) is -1.30. The molecule has 0 radical (unpaired) electrons. The van der Waals surface area contributed by atoms with Gasteiger partial charge >= 0.3 is 39.5 Å². The molecule has 0 aliphatic heterocycles. The van der Waals surface area contributed by atoms with Gasteiger partial charge in [0.1, 0.15) is 19.3 Å². The number of hydrogen-bond acceptors (Lipinski definition) is 15. The van der Waals surface area contributed by atoms with E-state index in [4.69, 9.17) is 37.0 Å². The molecular formula is C76H144O17P2. The molecule has 6 atom stereocenters. The molecule has 17 nitrogen and oxygen atoms in total. The zero-order valence-corrected chi connectivity index (χ0v) is 63.1. The molecule has 0 aromatic rings. The molecule has 0 aromatic carbocycles. The maximum Gasteiger partial charge on any atom is 0.472 e. The predicted octanol–water partition coefficient (Wildman–Crippen LogP) is 22.0. The van der Waals surface area contributed by atoms with Gasteiger partial charge in [0, 0.05) is 25.7 Å². The molecule has 0 aliphatic rings. The molecule has 0 aromatic heterocycles. The van der Waals surface area contributed by atoms with E-state index in [1.165, 1.54) is 173 Å². The molecular weight excluding hydrogens is 1250 g/mol. The number of hydrogen-bond donors (Lipinski definition) is 3. The molecule has 0 amide bonds. The Balaban J connectivity index is 5.25. The van der Waals surface area contributed by atoms with Gasteiger partial charge in [0.15, 0.2) is 12.2 Å². The van der Waals surface area contributed by atoms with Crippen molar-refractivity contribution in [2.75, 3.05) is 39.6 Å². The highest BCUT2D eigenvalue weighted by Crippen LogP contribution is 2.45. The first kappa shape index (κ1) is 92.5. The van der Waals surface area contributed by atoms with Gasteiger partial charge in [-0.3, -0.25) is 37.3 Å². The van der Waals surface area contributed by atoms with Crippen LogP contribution in [0.1, 0.15) is 375 Å². The first-order valence-corrected chi connectivity index (χ1v) is 42.0. The Kier molecular flexibility index (Phi) is 66.9. The minimum Gasteiger partial charge on any atom is -0.462 e. The standard InChI is InChI=1S/C76H144O17P2/c1-6-10-13-16-19-22-24-26-28-33-36-40-45-50-55-60-74(79)87-66-72(93-76(81)62-57-52-47-42-38-34-30-29-31-35-39-43-48-53-58-69(5)9-4)68-91-95(84,85)89-64-70(77)63-88-94(82,83)90-67-71(65-86-73(78)59-54-49-44-21-18-15-12-8-3)92-75(80)61-56-51-46-41-37-32-27-25-23-20-17-14-11-7-2/h22,24,26,28,69-72,77H,6-21,23,25,27,29-68H2,1-5H3,(H,82,83)(H,84,85)/b24-22-,28-26-/t69?,70-,71+,72+/m0/s1. The minimum absolute atomic E-state index is 0.101. The molecule has 0 bridgehead atoms. The van der Waals surface area contributed by atoms with Crippen molar-refractivity contribution < 1.29 is 80.2 Å². The van der Waals surface area contributed by atoms with Crippen LogP contribution in [0.25, 0.3) is 0 Å². The van der Waals surface area contributed by atoms with Gasteiger partial charge in [0.05, 0.1) is 26.4 Å². The number of carbonyl (C=O) groups excluding carboxylic acids is 4. The summed E-state index contributed by atoms with van der Waals surface area (Å²) >= 11 is 0. The van der Waals surface area contributed by atoms with Gasteiger partial charge in [-0.2, -0.15) is 0 Å². The number of allylic oxidation sites excluding steroid dienone is 4.